The van der Waals surface area contributed by atoms with Crippen LogP contribution in [0, 0.1) is 0 Å². The van der Waals surface area contributed by atoms with Gasteiger partial charge in [-0.2, -0.15) is 4.98 Å². The van der Waals surface area contributed by atoms with Crippen molar-refractivity contribution in [1.82, 2.24) is 15.0 Å². The van der Waals surface area contributed by atoms with E-state index < -0.39 is 0 Å². The lowest BCUT2D eigenvalue weighted by Gasteiger charge is -2.36. The third-order valence-corrected chi connectivity index (χ3v) is 4.20. The Labute approximate surface area is 141 Å². The first-order valence-corrected chi connectivity index (χ1v) is 8.38. The number of amides is 1. The monoisotopic (exact) mass is 329 g/mol. The Bertz CT molecular complexity index is 671. The molecule has 2 heterocycles. The van der Waals surface area contributed by atoms with Crippen LogP contribution in [0.4, 0.5) is 0 Å². The molecule has 2 atom stereocenters. The lowest BCUT2D eigenvalue weighted by atomic mass is 10.1. The fourth-order valence-electron chi connectivity index (χ4n) is 2.85. The number of hydrogen-bond acceptors (Lipinski definition) is 5. The largest absolute Gasteiger partial charge is 0.375 e. The highest BCUT2D eigenvalue weighted by Crippen LogP contribution is 2.14. The first-order valence-electron chi connectivity index (χ1n) is 8.38. The summed E-state index contributed by atoms with van der Waals surface area (Å²) >= 11 is 0. The molecular weight excluding hydrogens is 306 g/mol. The number of hydrogen-bond donors (Lipinski definition) is 0. The van der Waals surface area contributed by atoms with E-state index in [-0.39, 0.29) is 18.1 Å². The number of nitrogens with zero attached hydrogens (tertiary/aromatic N) is 3. The van der Waals surface area contributed by atoms with Gasteiger partial charge in [-0.05, 0) is 19.4 Å². The van der Waals surface area contributed by atoms with Gasteiger partial charge in [0, 0.05) is 25.8 Å². The molecule has 1 aliphatic heterocycles. The maximum atomic E-state index is 12.4. The summed E-state index contributed by atoms with van der Waals surface area (Å²) in [6.07, 6.45) is 1.57. The first-order chi connectivity index (χ1) is 11.6. The highest BCUT2D eigenvalue weighted by atomic mass is 16.5. The van der Waals surface area contributed by atoms with Crippen LogP contribution < -0.4 is 0 Å². The standard InChI is InChI=1S/C18H23N3O3/c1-13-12-23-14(2)11-21(13)18(22)9-8-17-19-16(20-24-17)10-15-6-4-3-5-7-15/h3-7,13-14H,8-12H2,1-2H3/t13-,14+/m0/s1. The molecule has 1 aliphatic rings. The van der Waals surface area contributed by atoms with Gasteiger partial charge in [0.1, 0.15) is 0 Å². The van der Waals surface area contributed by atoms with Gasteiger partial charge in [-0.1, -0.05) is 35.5 Å². The summed E-state index contributed by atoms with van der Waals surface area (Å²) in [5.74, 6) is 1.28. The molecule has 6 heteroatoms. The first kappa shape index (κ1) is 16.6. The Balaban J connectivity index is 1.52. The lowest BCUT2D eigenvalue weighted by Crippen LogP contribution is -2.50. The van der Waals surface area contributed by atoms with Crippen molar-refractivity contribution in [3.05, 3.63) is 47.6 Å². The van der Waals surface area contributed by atoms with Gasteiger partial charge in [0.15, 0.2) is 5.82 Å². The summed E-state index contributed by atoms with van der Waals surface area (Å²) in [4.78, 5) is 18.7. The highest BCUT2D eigenvalue weighted by molar-refractivity contribution is 5.76. The molecule has 0 bridgehead atoms. The second kappa shape index (κ2) is 7.57. The van der Waals surface area contributed by atoms with E-state index in [0.29, 0.717) is 44.1 Å². The number of aromatic nitrogens is 2. The van der Waals surface area contributed by atoms with E-state index in [4.69, 9.17) is 9.26 Å². The van der Waals surface area contributed by atoms with E-state index in [2.05, 4.69) is 10.1 Å². The summed E-state index contributed by atoms with van der Waals surface area (Å²) in [5, 5.41) is 4.00. The SMILES string of the molecule is C[C@@H]1CN(C(=O)CCc2nc(Cc3ccccc3)no2)[C@@H](C)CO1. The fourth-order valence-corrected chi connectivity index (χ4v) is 2.85. The zero-order valence-electron chi connectivity index (χ0n) is 14.1. The van der Waals surface area contributed by atoms with Crippen molar-refractivity contribution < 1.29 is 14.1 Å². The van der Waals surface area contributed by atoms with Crippen molar-refractivity contribution in [2.45, 2.75) is 45.3 Å². The molecule has 3 rings (SSSR count). The second-order valence-electron chi connectivity index (χ2n) is 6.31. The zero-order chi connectivity index (χ0) is 16.9. The third-order valence-electron chi connectivity index (χ3n) is 4.20. The number of aryl methyl sites for hydroxylation is 1. The topological polar surface area (TPSA) is 68.5 Å². The quantitative estimate of drug-likeness (QED) is 0.841. The molecule has 1 aromatic carbocycles. The van der Waals surface area contributed by atoms with E-state index in [1.54, 1.807) is 0 Å². The van der Waals surface area contributed by atoms with Gasteiger partial charge >= 0.3 is 0 Å². The third kappa shape index (κ3) is 4.20. The van der Waals surface area contributed by atoms with Crippen LogP contribution in [0.3, 0.4) is 0 Å². The molecule has 1 saturated heterocycles. The van der Waals surface area contributed by atoms with E-state index in [0.717, 1.165) is 5.56 Å². The average molecular weight is 329 g/mol. The Morgan fingerprint density at radius 3 is 2.88 bits per heavy atom. The van der Waals surface area contributed by atoms with Crippen molar-refractivity contribution in [1.29, 1.82) is 0 Å². The summed E-state index contributed by atoms with van der Waals surface area (Å²) in [6, 6.07) is 10.1. The number of ether oxygens (including phenoxy) is 1. The highest BCUT2D eigenvalue weighted by Gasteiger charge is 2.27. The number of morpholine rings is 1. The van der Waals surface area contributed by atoms with Gasteiger partial charge in [-0.25, -0.2) is 0 Å². The van der Waals surface area contributed by atoms with Crippen LogP contribution in [0.15, 0.2) is 34.9 Å². The van der Waals surface area contributed by atoms with Crippen molar-refractivity contribution in [3.8, 4) is 0 Å². The number of carbonyl (C=O) groups is 1. The summed E-state index contributed by atoms with van der Waals surface area (Å²) in [6.45, 7) is 5.23. The van der Waals surface area contributed by atoms with E-state index in [1.165, 1.54) is 0 Å². The lowest BCUT2D eigenvalue weighted by molar-refractivity contribution is -0.143. The molecule has 2 aromatic rings. The molecule has 24 heavy (non-hydrogen) atoms. The number of benzene rings is 1. The summed E-state index contributed by atoms with van der Waals surface area (Å²) in [5.41, 5.74) is 1.14. The molecule has 0 unspecified atom stereocenters. The van der Waals surface area contributed by atoms with Crippen LogP contribution in [0.1, 0.15) is 37.5 Å². The minimum absolute atomic E-state index is 0.0889. The van der Waals surface area contributed by atoms with Crippen molar-refractivity contribution in [3.63, 3.8) is 0 Å². The van der Waals surface area contributed by atoms with Gasteiger partial charge in [0.2, 0.25) is 11.8 Å². The molecule has 1 fully saturated rings. The van der Waals surface area contributed by atoms with E-state index >= 15 is 0 Å². The van der Waals surface area contributed by atoms with Gasteiger partial charge in [-0.3, -0.25) is 4.79 Å². The van der Waals surface area contributed by atoms with Crippen molar-refractivity contribution in [2.24, 2.45) is 0 Å². The van der Waals surface area contributed by atoms with Crippen LogP contribution in [0.5, 0.6) is 0 Å². The van der Waals surface area contributed by atoms with E-state index in [1.807, 2.05) is 49.1 Å². The van der Waals surface area contributed by atoms with Gasteiger partial charge in [0.05, 0.1) is 18.8 Å². The fraction of sp³-hybridized carbons (Fsp3) is 0.500. The van der Waals surface area contributed by atoms with Crippen molar-refractivity contribution in [2.75, 3.05) is 13.2 Å². The van der Waals surface area contributed by atoms with Crippen LogP contribution >= 0.6 is 0 Å². The maximum absolute atomic E-state index is 12.4. The summed E-state index contributed by atoms with van der Waals surface area (Å²) in [7, 11) is 0. The molecule has 0 radical (unpaired) electrons. The predicted molar refractivity (Wildman–Crippen MR) is 88.5 cm³/mol. The molecule has 128 valence electrons. The maximum Gasteiger partial charge on any atom is 0.227 e. The number of rotatable bonds is 5. The molecule has 1 aromatic heterocycles. The van der Waals surface area contributed by atoms with Gasteiger partial charge < -0.3 is 14.2 Å². The average Bonchev–Trinajstić information content (AvgIpc) is 3.03. The molecule has 0 spiro atoms. The van der Waals surface area contributed by atoms with Crippen molar-refractivity contribution >= 4 is 5.91 Å². The van der Waals surface area contributed by atoms with Crippen LogP contribution in [0.25, 0.3) is 0 Å². The molecule has 0 saturated carbocycles. The minimum atomic E-state index is 0.0889. The summed E-state index contributed by atoms with van der Waals surface area (Å²) < 4.78 is 10.8. The molecule has 0 N–H and O–H groups in total. The van der Waals surface area contributed by atoms with Gasteiger partial charge in [-0.15, -0.1) is 0 Å². The second-order valence-corrected chi connectivity index (χ2v) is 6.31. The van der Waals surface area contributed by atoms with Crippen LogP contribution in [0.2, 0.25) is 0 Å². The number of carbonyl (C=O) groups excluding carboxylic acids is 1. The normalized spacial score (nSPS) is 21.0. The molecule has 6 nitrogen and oxygen atoms in total. The molecule has 0 aliphatic carbocycles. The van der Waals surface area contributed by atoms with Crippen LogP contribution in [-0.2, 0) is 22.4 Å². The molecule has 1 amide bonds. The molecular formula is C18H23N3O3. The van der Waals surface area contributed by atoms with Gasteiger partial charge in [0.25, 0.3) is 0 Å². The van der Waals surface area contributed by atoms with Crippen LogP contribution in [-0.4, -0.2) is 46.2 Å². The Morgan fingerprint density at radius 1 is 1.29 bits per heavy atom. The minimum Gasteiger partial charge on any atom is -0.375 e. The predicted octanol–water partition coefficient (Wildman–Crippen LogP) is 2.23. The Hall–Kier alpha value is -2.21. The Kier molecular flexibility index (Phi) is 5.25. The Morgan fingerprint density at radius 2 is 2.08 bits per heavy atom. The zero-order valence-corrected chi connectivity index (χ0v) is 14.1. The van der Waals surface area contributed by atoms with E-state index in [9.17, 15) is 4.79 Å². The smallest absolute Gasteiger partial charge is 0.227 e.